The Kier molecular flexibility index (Phi) is 4.30. The van der Waals surface area contributed by atoms with Crippen molar-refractivity contribution in [2.75, 3.05) is 7.05 Å². The van der Waals surface area contributed by atoms with E-state index in [2.05, 4.69) is 10.1 Å². The van der Waals surface area contributed by atoms with E-state index in [1.807, 2.05) is 0 Å². The van der Waals surface area contributed by atoms with Gasteiger partial charge in [0, 0.05) is 12.6 Å². The Morgan fingerprint density at radius 3 is 1.95 bits per heavy atom. The third-order valence-corrected chi connectivity index (χ3v) is 2.79. The van der Waals surface area contributed by atoms with Crippen LogP contribution < -0.4 is 10.1 Å². The van der Waals surface area contributed by atoms with Gasteiger partial charge in [-0.05, 0) is 35.4 Å². The maximum Gasteiger partial charge on any atom is 0.387 e. The molecule has 20 heavy (non-hydrogen) atoms. The molecule has 0 radical (unpaired) electrons. The van der Waals surface area contributed by atoms with Crippen molar-refractivity contribution in [2.24, 2.45) is 0 Å². The van der Waals surface area contributed by atoms with Crippen molar-refractivity contribution in [3.8, 4) is 16.9 Å². The van der Waals surface area contributed by atoms with Gasteiger partial charge >= 0.3 is 6.61 Å². The molecule has 0 aromatic heterocycles. The summed E-state index contributed by atoms with van der Waals surface area (Å²) in [5, 5.41) is 2.54. The molecule has 0 unspecified atom stereocenters. The molecule has 104 valence electrons. The Balaban J connectivity index is 2.17. The highest BCUT2D eigenvalue weighted by Gasteiger charge is 2.06. The number of carbonyl (C=O) groups is 1. The molecule has 5 heteroatoms. The summed E-state index contributed by atoms with van der Waals surface area (Å²) in [4.78, 5) is 11.4. The van der Waals surface area contributed by atoms with Gasteiger partial charge in [0.05, 0.1) is 0 Å². The minimum Gasteiger partial charge on any atom is -0.435 e. The monoisotopic (exact) mass is 277 g/mol. The van der Waals surface area contributed by atoms with Crippen molar-refractivity contribution in [3.63, 3.8) is 0 Å². The molecule has 0 atom stereocenters. The fraction of sp³-hybridized carbons (Fsp3) is 0.133. The molecule has 0 aliphatic heterocycles. The number of ether oxygens (including phenoxy) is 1. The summed E-state index contributed by atoms with van der Waals surface area (Å²) in [5.74, 6) is -0.0389. The molecular weight excluding hydrogens is 264 g/mol. The SMILES string of the molecule is CNC(=O)c1ccc(-c2ccc(OC(F)F)cc2)cc1. The fourth-order valence-corrected chi connectivity index (χ4v) is 1.79. The van der Waals surface area contributed by atoms with Gasteiger partial charge in [0.15, 0.2) is 0 Å². The highest BCUT2D eigenvalue weighted by Crippen LogP contribution is 2.23. The normalized spacial score (nSPS) is 10.4. The van der Waals surface area contributed by atoms with Gasteiger partial charge in [-0.1, -0.05) is 24.3 Å². The zero-order chi connectivity index (χ0) is 14.5. The molecule has 0 spiro atoms. The molecular formula is C15H13F2NO2. The quantitative estimate of drug-likeness (QED) is 0.931. The second-order valence-corrected chi connectivity index (χ2v) is 4.06. The maximum atomic E-state index is 12.0. The van der Waals surface area contributed by atoms with Crippen LogP contribution in [-0.4, -0.2) is 19.6 Å². The van der Waals surface area contributed by atoms with E-state index in [0.29, 0.717) is 5.56 Å². The van der Waals surface area contributed by atoms with Crippen LogP contribution in [0.3, 0.4) is 0 Å². The smallest absolute Gasteiger partial charge is 0.387 e. The maximum absolute atomic E-state index is 12.0. The third kappa shape index (κ3) is 3.32. The molecule has 2 aromatic carbocycles. The van der Waals surface area contributed by atoms with Crippen molar-refractivity contribution in [1.29, 1.82) is 0 Å². The molecule has 1 N–H and O–H groups in total. The lowest BCUT2D eigenvalue weighted by Crippen LogP contribution is -2.17. The predicted molar refractivity (Wildman–Crippen MR) is 71.9 cm³/mol. The molecule has 0 heterocycles. The van der Waals surface area contributed by atoms with Gasteiger partial charge in [-0.25, -0.2) is 0 Å². The van der Waals surface area contributed by atoms with E-state index < -0.39 is 6.61 Å². The van der Waals surface area contributed by atoms with Crippen LogP contribution in [0.25, 0.3) is 11.1 Å². The van der Waals surface area contributed by atoms with E-state index in [4.69, 9.17) is 0 Å². The van der Waals surface area contributed by atoms with Gasteiger partial charge in [-0.3, -0.25) is 4.79 Å². The number of benzene rings is 2. The summed E-state index contributed by atoms with van der Waals surface area (Å²) in [6, 6.07) is 13.3. The fourth-order valence-electron chi connectivity index (χ4n) is 1.79. The largest absolute Gasteiger partial charge is 0.435 e. The van der Waals surface area contributed by atoms with Crippen molar-refractivity contribution in [2.45, 2.75) is 6.61 Å². The number of halogens is 2. The predicted octanol–water partition coefficient (Wildman–Crippen LogP) is 3.31. The molecule has 1 amide bonds. The van der Waals surface area contributed by atoms with Crippen molar-refractivity contribution >= 4 is 5.91 Å². The number of rotatable bonds is 4. The molecule has 0 bridgehead atoms. The van der Waals surface area contributed by atoms with Gasteiger partial charge in [-0.15, -0.1) is 0 Å². The summed E-state index contributed by atoms with van der Waals surface area (Å²) in [7, 11) is 1.57. The minimum atomic E-state index is -2.83. The number of hydrogen-bond acceptors (Lipinski definition) is 2. The molecule has 0 aliphatic rings. The molecule has 2 aromatic rings. The van der Waals surface area contributed by atoms with E-state index in [9.17, 15) is 13.6 Å². The van der Waals surface area contributed by atoms with Crippen LogP contribution >= 0.6 is 0 Å². The second-order valence-electron chi connectivity index (χ2n) is 4.06. The van der Waals surface area contributed by atoms with E-state index in [-0.39, 0.29) is 11.7 Å². The van der Waals surface area contributed by atoms with Crippen molar-refractivity contribution in [1.82, 2.24) is 5.32 Å². The molecule has 2 rings (SSSR count). The lowest BCUT2D eigenvalue weighted by Gasteiger charge is -2.06. The Hall–Kier alpha value is -2.43. The average molecular weight is 277 g/mol. The van der Waals surface area contributed by atoms with Gasteiger partial charge in [-0.2, -0.15) is 8.78 Å². The van der Waals surface area contributed by atoms with Crippen LogP contribution in [-0.2, 0) is 0 Å². The minimum absolute atomic E-state index is 0.116. The third-order valence-electron chi connectivity index (χ3n) is 2.79. The van der Waals surface area contributed by atoms with Crippen LogP contribution in [0.4, 0.5) is 8.78 Å². The van der Waals surface area contributed by atoms with Crippen molar-refractivity contribution in [3.05, 3.63) is 54.1 Å². The van der Waals surface area contributed by atoms with E-state index in [0.717, 1.165) is 11.1 Å². The first-order valence-corrected chi connectivity index (χ1v) is 5.97. The number of amides is 1. The van der Waals surface area contributed by atoms with E-state index in [1.54, 1.807) is 43.4 Å². The van der Waals surface area contributed by atoms with Gasteiger partial charge < -0.3 is 10.1 Å². The number of alkyl halides is 2. The van der Waals surface area contributed by atoms with Crippen LogP contribution in [0.2, 0.25) is 0 Å². The number of hydrogen-bond donors (Lipinski definition) is 1. The first-order valence-electron chi connectivity index (χ1n) is 5.97. The van der Waals surface area contributed by atoms with Gasteiger partial charge in [0.25, 0.3) is 5.91 Å². The molecule has 0 saturated carbocycles. The second kappa shape index (κ2) is 6.14. The Morgan fingerprint density at radius 2 is 1.50 bits per heavy atom. The lowest BCUT2D eigenvalue weighted by atomic mass is 10.0. The summed E-state index contributed by atoms with van der Waals surface area (Å²) < 4.78 is 28.4. The van der Waals surface area contributed by atoms with Crippen LogP contribution in [0.5, 0.6) is 5.75 Å². The molecule has 0 fully saturated rings. The Morgan fingerprint density at radius 1 is 1.00 bits per heavy atom. The van der Waals surface area contributed by atoms with Crippen LogP contribution in [0.15, 0.2) is 48.5 Å². The zero-order valence-electron chi connectivity index (χ0n) is 10.8. The van der Waals surface area contributed by atoms with E-state index in [1.165, 1.54) is 12.1 Å². The number of carbonyl (C=O) groups excluding carboxylic acids is 1. The standard InChI is InChI=1S/C15H13F2NO2/c1-18-14(19)12-4-2-10(3-5-12)11-6-8-13(9-7-11)20-15(16)17/h2-9,15H,1H3,(H,18,19). The first-order chi connectivity index (χ1) is 9.60. The summed E-state index contributed by atoms with van der Waals surface area (Å²) in [6.07, 6.45) is 0. The molecule has 0 saturated heterocycles. The molecule has 3 nitrogen and oxygen atoms in total. The van der Waals surface area contributed by atoms with Crippen molar-refractivity contribution < 1.29 is 18.3 Å². The topological polar surface area (TPSA) is 38.3 Å². The lowest BCUT2D eigenvalue weighted by molar-refractivity contribution is -0.0498. The van der Waals surface area contributed by atoms with Crippen LogP contribution in [0, 0.1) is 0 Å². The first kappa shape index (κ1) is 14.0. The van der Waals surface area contributed by atoms with Gasteiger partial charge in [0.2, 0.25) is 0 Å². The zero-order valence-corrected chi connectivity index (χ0v) is 10.8. The summed E-state index contributed by atoms with van der Waals surface area (Å²) >= 11 is 0. The van der Waals surface area contributed by atoms with E-state index >= 15 is 0 Å². The highest BCUT2D eigenvalue weighted by atomic mass is 19.3. The summed E-state index contributed by atoms with van der Waals surface area (Å²) in [6.45, 7) is -2.83. The van der Waals surface area contributed by atoms with Crippen LogP contribution in [0.1, 0.15) is 10.4 Å². The van der Waals surface area contributed by atoms with Gasteiger partial charge in [0.1, 0.15) is 5.75 Å². The average Bonchev–Trinajstić information content (AvgIpc) is 2.47. The number of nitrogens with one attached hydrogen (secondary N) is 1. The Labute approximate surface area is 115 Å². The Bertz CT molecular complexity index is 580. The highest BCUT2D eigenvalue weighted by molar-refractivity contribution is 5.94. The summed E-state index contributed by atoms with van der Waals surface area (Å²) in [5.41, 5.74) is 2.31. The molecule has 0 aliphatic carbocycles.